The molecule has 34 heavy (non-hydrogen) atoms. The summed E-state index contributed by atoms with van der Waals surface area (Å²) in [4.78, 5) is 44.1. The number of hydrogen-bond donors (Lipinski definition) is 1. The van der Waals surface area contributed by atoms with Crippen LogP contribution in [-0.2, 0) is 23.9 Å². The van der Waals surface area contributed by atoms with Gasteiger partial charge in [-0.1, -0.05) is 34.7 Å². The van der Waals surface area contributed by atoms with Gasteiger partial charge in [0, 0.05) is 30.1 Å². The third kappa shape index (κ3) is 4.58. The van der Waals surface area contributed by atoms with Crippen molar-refractivity contribution < 1.29 is 29.0 Å². The summed E-state index contributed by atoms with van der Waals surface area (Å²) < 4.78 is 11.8. The molecule has 1 spiro atoms. The van der Waals surface area contributed by atoms with E-state index in [1.54, 1.807) is 15.9 Å². The van der Waals surface area contributed by atoms with Crippen molar-refractivity contribution in [1.82, 2.24) is 9.80 Å². The monoisotopic (exact) mass is 540 g/mol. The molecule has 9 heteroatoms. The van der Waals surface area contributed by atoms with Crippen LogP contribution in [0, 0.1) is 11.8 Å². The highest BCUT2D eigenvalue weighted by molar-refractivity contribution is 9.09. The maximum Gasteiger partial charge on any atom is 0.312 e. The number of hydrogen-bond acceptors (Lipinski definition) is 6. The van der Waals surface area contributed by atoms with Crippen molar-refractivity contribution in [3.63, 3.8) is 0 Å². The van der Waals surface area contributed by atoms with Crippen LogP contribution >= 0.6 is 15.9 Å². The fourth-order valence-corrected chi connectivity index (χ4v) is 6.64. The minimum atomic E-state index is -1.10. The summed E-state index contributed by atoms with van der Waals surface area (Å²) >= 11 is 3.65. The second-order valence-electron chi connectivity index (χ2n) is 10.3. The van der Waals surface area contributed by atoms with Crippen molar-refractivity contribution in [2.24, 2.45) is 11.8 Å². The van der Waals surface area contributed by atoms with Crippen molar-refractivity contribution >= 4 is 33.7 Å². The van der Waals surface area contributed by atoms with Crippen LogP contribution in [-0.4, -0.2) is 87.1 Å². The van der Waals surface area contributed by atoms with Gasteiger partial charge in [-0.05, 0) is 46.5 Å². The van der Waals surface area contributed by atoms with Gasteiger partial charge < -0.3 is 24.4 Å². The Morgan fingerprint density at radius 2 is 2.00 bits per heavy atom. The summed E-state index contributed by atoms with van der Waals surface area (Å²) in [6.07, 6.45) is 5.07. The van der Waals surface area contributed by atoms with Gasteiger partial charge in [-0.2, -0.15) is 0 Å². The minimum Gasteiger partial charge on any atom is -0.461 e. The lowest BCUT2D eigenvalue weighted by molar-refractivity contribution is -0.154. The van der Waals surface area contributed by atoms with E-state index in [2.05, 4.69) is 29.1 Å². The van der Waals surface area contributed by atoms with E-state index in [1.807, 2.05) is 20.8 Å². The van der Waals surface area contributed by atoms with Crippen molar-refractivity contribution in [1.29, 1.82) is 0 Å². The Hall–Kier alpha value is -1.71. The number of rotatable bonds is 11. The van der Waals surface area contributed by atoms with E-state index in [9.17, 15) is 14.4 Å². The predicted octanol–water partition coefficient (Wildman–Crippen LogP) is 2.44. The predicted molar refractivity (Wildman–Crippen MR) is 131 cm³/mol. The number of halogens is 1. The summed E-state index contributed by atoms with van der Waals surface area (Å²) in [7, 11) is 0. The Morgan fingerprint density at radius 3 is 2.59 bits per heavy atom. The molecule has 8 nitrogen and oxygen atoms in total. The van der Waals surface area contributed by atoms with Gasteiger partial charge in [0.2, 0.25) is 11.8 Å². The Labute approximate surface area is 210 Å². The fraction of sp³-hybridized carbons (Fsp3) is 0.720. The molecule has 2 amide bonds. The molecule has 0 saturated carbocycles. The van der Waals surface area contributed by atoms with E-state index in [0.29, 0.717) is 32.4 Å². The maximum atomic E-state index is 14.1. The van der Waals surface area contributed by atoms with E-state index in [0.717, 1.165) is 6.42 Å². The molecule has 3 heterocycles. The topological polar surface area (TPSA) is 96.4 Å². The van der Waals surface area contributed by atoms with Gasteiger partial charge in [-0.15, -0.1) is 6.58 Å². The first-order valence-corrected chi connectivity index (χ1v) is 12.9. The van der Waals surface area contributed by atoms with Gasteiger partial charge in [0.05, 0.1) is 17.9 Å². The Morgan fingerprint density at radius 1 is 1.29 bits per heavy atom. The third-order valence-corrected chi connectivity index (χ3v) is 7.93. The summed E-state index contributed by atoms with van der Waals surface area (Å²) in [6.45, 7) is 14.0. The number of fused-ring (bicyclic) bond motifs is 1. The zero-order valence-corrected chi connectivity index (χ0v) is 22.0. The van der Waals surface area contributed by atoms with E-state index in [1.165, 1.54) is 6.08 Å². The van der Waals surface area contributed by atoms with Crippen LogP contribution in [0.2, 0.25) is 0 Å². The first kappa shape index (κ1) is 26.9. The van der Waals surface area contributed by atoms with E-state index in [-0.39, 0.29) is 29.9 Å². The molecule has 0 aromatic rings. The minimum absolute atomic E-state index is 0.0489. The largest absolute Gasteiger partial charge is 0.461 e. The van der Waals surface area contributed by atoms with Crippen LogP contribution in [0.15, 0.2) is 25.3 Å². The third-order valence-electron chi connectivity index (χ3n) is 7.08. The van der Waals surface area contributed by atoms with E-state index >= 15 is 0 Å². The van der Waals surface area contributed by atoms with Crippen molar-refractivity contribution in [3.8, 4) is 0 Å². The number of carbonyl (C=O) groups is 3. The zero-order chi connectivity index (χ0) is 25.3. The van der Waals surface area contributed by atoms with Gasteiger partial charge >= 0.3 is 5.97 Å². The number of aliphatic hydroxyl groups is 1. The second-order valence-corrected chi connectivity index (χ2v) is 11.5. The Balaban J connectivity index is 2.03. The Bertz CT molecular complexity index is 827. The molecule has 6 atom stereocenters. The van der Waals surface area contributed by atoms with Crippen LogP contribution < -0.4 is 0 Å². The molecule has 2 bridgehead atoms. The fourth-order valence-electron chi connectivity index (χ4n) is 5.70. The highest BCUT2D eigenvalue weighted by Gasteiger charge is 2.77. The van der Waals surface area contributed by atoms with Crippen LogP contribution in [0.5, 0.6) is 0 Å². The highest BCUT2D eigenvalue weighted by Crippen LogP contribution is 2.60. The molecule has 0 aromatic carbocycles. The molecule has 3 rings (SSSR count). The Kier molecular flexibility index (Phi) is 8.30. The molecule has 0 aliphatic carbocycles. The molecular weight excluding hydrogens is 504 g/mol. The number of ether oxygens (including phenoxy) is 2. The zero-order valence-electron chi connectivity index (χ0n) is 20.4. The lowest BCUT2D eigenvalue weighted by Crippen LogP contribution is -2.60. The molecule has 1 N–H and O–H groups in total. The molecule has 3 unspecified atom stereocenters. The number of aliphatic hydroxyl groups excluding tert-OH is 1. The average molecular weight is 541 g/mol. The first-order chi connectivity index (χ1) is 16.0. The maximum absolute atomic E-state index is 14.1. The normalized spacial score (nSPS) is 32.0. The number of likely N-dealkylation sites (tertiary alicyclic amines) is 1. The first-order valence-electron chi connectivity index (χ1n) is 12.0. The van der Waals surface area contributed by atoms with Crippen molar-refractivity contribution in [3.05, 3.63) is 25.3 Å². The summed E-state index contributed by atoms with van der Waals surface area (Å²) in [6, 6.07) is -0.847. The van der Waals surface area contributed by atoms with Crippen LogP contribution in [0.25, 0.3) is 0 Å². The van der Waals surface area contributed by atoms with Gasteiger partial charge in [0.15, 0.2) is 0 Å². The summed E-state index contributed by atoms with van der Waals surface area (Å²) in [5.41, 5.74) is -1.61. The molecule has 3 aliphatic rings. The quantitative estimate of drug-likeness (QED) is 0.187. The molecule has 0 radical (unpaired) electrons. The lowest BCUT2D eigenvalue weighted by Gasteiger charge is -2.42. The van der Waals surface area contributed by atoms with Crippen LogP contribution in [0.3, 0.4) is 0 Å². The number of amides is 2. The van der Waals surface area contributed by atoms with Crippen LogP contribution in [0.4, 0.5) is 0 Å². The SMILES string of the molecule is C=CCOC(=O)[C@H]1[C@@H]2OC3(CC2Br)C(C(=O)N(CC=C)C(C)(C)C)N(CCCCCO)C(=O)[C@H]13. The number of nitrogens with zero attached hydrogens (tertiary/aromatic N) is 2. The van der Waals surface area contributed by atoms with E-state index in [4.69, 9.17) is 14.6 Å². The van der Waals surface area contributed by atoms with Gasteiger partial charge in [-0.25, -0.2) is 0 Å². The highest BCUT2D eigenvalue weighted by atomic mass is 79.9. The van der Waals surface area contributed by atoms with Gasteiger partial charge in [-0.3, -0.25) is 14.4 Å². The van der Waals surface area contributed by atoms with Gasteiger partial charge in [0.1, 0.15) is 18.2 Å². The second kappa shape index (κ2) is 10.5. The van der Waals surface area contributed by atoms with Crippen molar-refractivity contribution in [2.75, 3.05) is 26.3 Å². The van der Waals surface area contributed by atoms with Gasteiger partial charge in [0.25, 0.3) is 0 Å². The van der Waals surface area contributed by atoms with Crippen LogP contribution in [0.1, 0.15) is 46.5 Å². The smallest absolute Gasteiger partial charge is 0.312 e. The molecular formula is C25H37BrN2O6. The molecule has 3 saturated heterocycles. The molecule has 3 fully saturated rings. The van der Waals surface area contributed by atoms with E-state index < -0.39 is 41.1 Å². The lowest BCUT2D eigenvalue weighted by atomic mass is 9.70. The number of esters is 1. The number of unbranched alkanes of at least 4 members (excludes halogenated alkanes) is 2. The number of carbonyl (C=O) groups excluding carboxylic acids is 3. The molecule has 190 valence electrons. The molecule has 0 aromatic heterocycles. The standard InChI is InChI=1S/C25H37BrN2O6/c1-6-11-28(24(3,4)5)22(31)20-25-15-16(26)19(34-25)17(23(32)33-14-7-2)18(25)21(30)27(20)12-9-8-10-13-29/h6-7,16-20,29H,1-2,8-15H2,3-5H3/t16?,17-,18+,19-,20?,25?/m1/s1. The van der Waals surface area contributed by atoms with Crippen molar-refractivity contribution in [2.45, 2.75) is 74.6 Å². The summed E-state index contributed by atoms with van der Waals surface area (Å²) in [5.74, 6) is -2.50. The number of alkyl halides is 1. The summed E-state index contributed by atoms with van der Waals surface area (Å²) in [5, 5.41) is 9.15. The average Bonchev–Trinajstić information content (AvgIpc) is 3.35. The molecule has 3 aliphatic heterocycles.